The minimum atomic E-state index is -3.57. The Morgan fingerprint density at radius 3 is 2.37 bits per heavy atom. The Balaban J connectivity index is 1.62. The molecule has 1 amide bonds. The zero-order valence-corrected chi connectivity index (χ0v) is 18.3. The van der Waals surface area contributed by atoms with Crippen LogP contribution in [0.4, 0.5) is 4.39 Å². The SMILES string of the molecule is O=C(N1CC[C@@H](c2ccccc2F)S(=O)(=O)CC1)C1(c2ccc(Cl)cc2)CCCC1. The number of rotatable bonds is 3. The van der Waals surface area contributed by atoms with Crippen LogP contribution in [0.1, 0.15) is 48.5 Å². The third-order valence-corrected chi connectivity index (χ3v) is 8.90. The number of halogens is 2. The minimum Gasteiger partial charge on any atom is -0.341 e. The lowest BCUT2D eigenvalue weighted by Gasteiger charge is -2.34. The topological polar surface area (TPSA) is 54.5 Å². The molecular formula is C23H25ClFNO3S. The molecule has 0 N–H and O–H groups in total. The van der Waals surface area contributed by atoms with Gasteiger partial charge in [0.2, 0.25) is 5.91 Å². The van der Waals surface area contributed by atoms with Crippen LogP contribution in [0.3, 0.4) is 0 Å². The van der Waals surface area contributed by atoms with Crippen LogP contribution in [0.25, 0.3) is 0 Å². The molecule has 1 aliphatic heterocycles. The first-order valence-electron chi connectivity index (χ1n) is 10.3. The second kappa shape index (κ2) is 8.31. The highest BCUT2D eigenvalue weighted by Gasteiger charge is 2.46. The van der Waals surface area contributed by atoms with E-state index in [0.29, 0.717) is 11.6 Å². The Kier molecular flexibility index (Phi) is 5.90. The number of hydrogen-bond acceptors (Lipinski definition) is 3. The molecule has 1 atom stereocenters. The predicted octanol–water partition coefficient (Wildman–Crippen LogP) is 4.68. The van der Waals surface area contributed by atoms with Gasteiger partial charge in [0.05, 0.1) is 16.4 Å². The molecule has 2 fully saturated rings. The van der Waals surface area contributed by atoms with E-state index < -0.39 is 26.3 Å². The fraction of sp³-hybridized carbons (Fsp3) is 0.435. The second-order valence-electron chi connectivity index (χ2n) is 8.25. The third-order valence-electron chi connectivity index (χ3n) is 6.54. The van der Waals surface area contributed by atoms with Crippen LogP contribution in [0.5, 0.6) is 0 Å². The molecule has 0 unspecified atom stereocenters. The van der Waals surface area contributed by atoms with Crippen molar-refractivity contribution in [3.05, 3.63) is 70.5 Å². The van der Waals surface area contributed by atoms with Gasteiger partial charge in [-0.15, -0.1) is 0 Å². The molecule has 0 bridgehead atoms. The van der Waals surface area contributed by atoms with Gasteiger partial charge in [0, 0.05) is 23.7 Å². The van der Waals surface area contributed by atoms with Crippen LogP contribution in [0, 0.1) is 5.82 Å². The van der Waals surface area contributed by atoms with Gasteiger partial charge in [-0.1, -0.05) is 54.8 Å². The maximum Gasteiger partial charge on any atom is 0.233 e. The first-order chi connectivity index (χ1) is 14.3. The summed E-state index contributed by atoms with van der Waals surface area (Å²) in [5.74, 6) is -0.694. The van der Waals surface area contributed by atoms with Gasteiger partial charge in [0.15, 0.2) is 9.84 Å². The Labute approximate surface area is 182 Å². The molecule has 1 aliphatic carbocycles. The number of nitrogens with zero attached hydrogens (tertiary/aromatic N) is 1. The van der Waals surface area contributed by atoms with Crippen molar-refractivity contribution in [1.29, 1.82) is 0 Å². The zero-order valence-electron chi connectivity index (χ0n) is 16.7. The van der Waals surface area contributed by atoms with Crippen molar-refractivity contribution in [2.45, 2.75) is 42.8 Å². The summed E-state index contributed by atoms with van der Waals surface area (Å²) in [7, 11) is -3.57. The Bertz CT molecular complexity index is 1030. The van der Waals surface area contributed by atoms with E-state index in [0.717, 1.165) is 31.2 Å². The Morgan fingerprint density at radius 1 is 1.03 bits per heavy atom. The number of benzene rings is 2. The first-order valence-corrected chi connectivity index (χ1v) is 12.4. The van der Waals surface area contributed by atoms with Crippen molar-refractivity contribution in [3.8, 4) is 0 Å². The molecule has 0 spiro atoms. The van der Waals surface area contributed by atoms with Crippen LogP contribution in [0.2, 0.25) is 5.02 Å². The highest BCUT2D eigenvalue weighted by atomic mass is 35.5. The van der Waals surface area contributed by atoms with Gasteiger partial charge in [-0.3, -0.25) is 4.79 Å². The van der Waals surface area contributed by atoms with Crippen molar-refractivity contribution in [2.24, 2.45) is 0 Å². The van der Waals surface area contributed by atoms with Crippen molar-refractivity contribution in [1.82, 2.24) is 4.90 Å². The third kappa shape index (κ3) is 3.87. The van der Waals surface area contributed by atoms with E-state index in [9.17, 15) is 17.6 Å². The molecule has 0 radical (unpaired) electrons. The fourth-order valence-electron chi connectivity index (χ4n) is 4.91. The quantitative estimate of drug-likeness (QED) is 0.683. The number of carbonyl (C=O) groups is 1. The van der Waals surface area contributed by atoms with Gasteiger partial charge in [-0.2, -0.15) is 0 Å². The minimum absolute atomic E-state index is 0.0216. The molecule has 1 saturated heterocycles. The molecule has 4 rings (SSSR count). The number of amides is 1. The van der Waals surface area contributed by atoms with Gasteiger partial charge in [-0.05, 0) is 43.0 Å². The molecule has 7 heteroatoms. The molecule has 2 aromatic carbocycles. The molecule has 160 valence electrons. The van der Waals surface area contributed by atoms with Crippen molar-refractivity contribution < 1.29 is 17.6 Å². The van der Waals surface area contributed by atoms with Crippen molar-refractivity contribution in [2.75, 3.05) is 18.8 Å². The summed E-state index contributed by atoms with van der Waals surface area (Å²) in [6, 6.07) is 13.4. The molecule has 2 aromatic rings. The monoisotopic (exact) mass is 449 g/mol. The van der Waals surface area contributed by atoms with Crippen LogP contribution in [0.15, 0.2) is 48.5 Å². The fourth-order valence-corrected chi connectivity index (χ4v) is 6.84. The summed E-state index contributed by atoms with van der Waals surface area (Å²) in [6.07, 6.45) is 3.60. The van der Waals surface area contributed by atoms with Crippen molar-refractivity contribution >= 4 is 27.3 Å². The van der Waals surface area contributed by atoms with E-state index >= 15 is 0 Å². The Hall–Kier alpha value is -1.92. The largest absolute Gasteiger partial charge is 0.341 e. The lowest BCUT2D eigenvalue weighted by Crippen LogP contribution is -2.46. The first kappa shape index (κ1) is 21.3. The van der Waals surface area contributed by atoms with Gasteiger partial charge in [0.1, 0.15) is 5.82 Å². The number of sulfone groups is 1. The maximum absolute atomic E-state index is 14.3. The van der Waals surface area contributed by atoms with E-state index in [1.807, 2.05) is 12.1 Å². The van der Waals surface area contributed by atoms with E-state index in [-0.39, 0.29) is 30.2 Å². The molecule has 0 aromatic heterocycles. The van der Waals surface area contributed by atoms with E-state index in [4.69, 9.17) is 11.6 Å². The molecule has 1 heterocycles. The zero-order chi connectivity index (χ0) is 21.4. The van der Waals surface area contributed by atoms with Crippen molar-refractivity contribution in [3.63, 3.8) is 0 Å². The summed E-state index contributed by atoms with van der Waals surface area (Å²) in [5, 5.41) is -0.306. The average Bonchev–Trinajstić information content (AvgIpc) is 3.16. The number of hydrogen-bond donors (Lipinski definition) is 0. The molecule has 4 nitrogen and oxygen atoms in total. The van der Waals surface area contributed by atoms with E-state index in [2.05, 4.69) is 0 Å². The number of carbonyl (C=O) groups excluding carboxylic acids is 1. The van der Waals surface area contributed by atoms with E-state index in [1.54, 1.807) is 29.2 Å². The standard InChI is InChI=1S/C23H25ClFNO3S/c24-18-9-7-17(8-10-18)23(12-3-4-13-23)22(27)26-14-11-21(30(28,29)16-15-26)19-5-1-2-6-20(19)25/h1-2,5-10,21H,3-4,11-16H2/t21-/m0/s1. The lowest BCUT2D eigenvalue weighted by atomic mass is 9.77. The van der Waals surface area contributed by atoms with Crippen LogP contribution in [-0.4, -0.2) is 38.1 Å². The molecule has 1 saturated carbocycles. The van der Waals surface area contributed by atoms with E-state index in [1.165, 1.54) is 12.1 Å². The van der Waals surface area contributed by atoms with Crippen LogP contribution >= 0.6 is 11.6 Å². The van der Waals surface area contributed by atoms with Crippen LogP contribution < -0.4 is 0 Å². The lowest BCUT2D eigenvalue weighted by molar-refractivity contribution is -0.137. The average molecular weight is 450 g/mol. The highest BCUT2D eigenvalue weighted by Crippen LogP contribution is 2.43. The molecular weight excluding hydrogens is 425 g/mol. The Morgan fingerprint density at radius 2 is 1.70 bits per heavy atom. The smallest absolute Gasteiger partial charge is 0.233 e. The van der Waals surface area contributed by atoms with Gasteiger partial charge in [-0.25, -0.2) is 12.8 Å². The van der Waals surface area contributed by atoms with Gasteiger partial charge >= 0.3 is 0 Å². The summed E-state index contributed by atoms with van der Waals surface area (Å²) in [4.78, 5) is 15.4. The highest BCUT2D eigenvalue weighted by molar-refractivity contribution is 7.91. The predicted molar refractivity (Wildman–Crippen MR) is 116 cm³/mol. The summed E-state index contributed by atoms with van der Waals surface area (Å²) in [6.45, 7) is 0.438. The maximum atomic E-state index is 14.3. The summed E-state index contributed by atoms with van der Waals surface area (Å²) >= 11 is 6.04. The van der Waals surface area contributed by atoms with Crippen LogP contribution in [-0.2, 0) is 20.0 Å². The van der Waals surface area contributed by atoms with Gasteiger partial charge in [0.25, 0.3) is 0 Å². The summed E-state index contributed by atoms with van der Waals surface area (Å²) in [5.41, 5.74) is 0.499. The molecule has 30 heavy (non-hydrogen) atoms. The molecule has 2 aliphatic rings. The second-order valence-corrected chi connectivity index (χ2v) is 11.0. The van der Waals surface area contributed by atoms with Gasteiger partial charge < -0.3 is 4.90 Å². The summed E-state index contributed by atoms with van der Waals surface area (Å²) < 4.78 is 40.1. The normalized spacial score (nSPS) is 23.1.